The van der Waals surface area contributed by atoms with Crippen molar-refractivity contribution in [2.24, 2.45) is 0 Å². The van der Waals surface area contributed by atoms with Crippen LogP contribution in [-0.2, 0) is 21.5 Å². The van der Waals surface area contributed by atoms with E-state index in [9.17, 15) is 13.2 Å². The van der Waals surface area contributed by atoms with Crippen LogP contribution in [0.5, 0.6) is 11.5 Å². The van der Waals surface area contributed by atoms with Crippen molar-refractivity contribution in [1.82, 2.24) is 4.90 Å². The van der Waals surface area contributed by atoms with E-state index in [0.717, 1.165) is 11.1 Å². The minimum absolute atomic E-state index is 0.0508. The summed E-state index contributed by atoms with van der Waals surface area (Å²) in [5.74, 6) is 0.0559. The summed E-state index contributed by atoms with van der Waals surface area (Å²) in [6, 6.07) is 18.9. The van der Waals surface area contributed by atoms with Crippen LogP contribution in [0.15, 0.2) is 71.6 Å². The molecule has 3 aromatic carbocycles. The van der Waals surface area contributed by atoms with Crippen molar-refractivity contribution in [3.8, 4) is 17.6 Å². The first kappa shape index (κ1) is 25.5. The van der Waals surface area contributed by atoms with Crippen molar-refractivity contribution < 1.29 is 22.1 Å². The van der Waals surface area contributed by atoms with E-state index in [4.69, 9.17) is 14.2 Å². The summed E-state index contributed by atoms with van der Waals surface area (Å²) in [5.41, 5.74) is 3.49. The zero-order valence-electron chi connectivity index (χ0n) is 20.0. The molecule has 0 aliphatic heterocycles. The summed E-state index contributed by atoms with van der Waals surface area (Å²) < 4.78 is 36.4. The molecule has 3 aromatic rings. The van der Waals surface area contributed by atoms with Crippen molar-refractivity contribution >= 4 is 22.1 Å². The first-order valence-electron chi connectivity index (χ1n) is 10.7. The van der Waals surface area contributed by atoms with Crippen LogP contribution >= 0.6 is 0 Å². The van der Waals surface area contributed by atoms with E-state index in [2.05, 4.69) is 6.07 Å². The van der Waals surface area contributed by atoms with Crippen LogP contribution in [0.3, 0.4) is 0 Å². The fourth-order valence-corrected chi connectivity index (χ4v) is 4.58. The van der Waals surface area contributed by atoms with Gasteiger partial charge in [-0.1, -0.05) is 30.3 Å². The highest BCUT2D eigenvalue weighted by molar-refractivity contribution is 7.87. The van der Waals surface area contributed by atoms with Crippen LogP contribution in [0.1, 0.15) is 27.8 Å². The predicted octanol–water partition coefficient (Wildman–Crippen LogP) is 4.62. The minimum Gasteiger partial charge on any atom is -0.493 e. The lowest BCUT2D eigenvalue weighted by molar-refractivity contribution is -0.125. The van der Waals surface area contributed by atoms with Gasteiger partial charge < -0.3 is 13.8 Å². The lowest BCUT2D eigenvalue weighted by Gasteiger charge is -2.15. The molecular formula is C27H26N2O5S. The fraction of sp³-hybridized carbons (Fsp3) is 0.185. The average molecular weight is 491 g/mol. The van der Waals surface area contributed by atoms with E-state index in [1.165, 1.54) is 19.3 Å². The number of carbonyl (C=O) groups excluding carboxylic acids is 1. The molecule has 0 fully saturated rings. The summed E-state index contributed by atoms with van der Waals surface area (Å²) in [7, 11) is -0.965. The second-order valence-corrected chi connectivity index (χ2v) is 9.57. The number of nitriles is 1. The molecule has 0 aromatic heterocycles. The van der Waals surface area contributed by atoms with Crippen molar-refractivity contribution in [3.63, 3.8) is 0 Å². The number of hydrogen-bond donors (Lipinski definition) is 0. The third-order valence-electron chi connectivity index (χ3n) is 5.30. The Morgan fingerprint density at radius 1 is 1.03 bits per heavy atom. The molecule has 0 unspecified atom stereocenters. The zero-order valence-corrected chi connectivity index (χ0v) is 20.8. The van der Waals surface area contributed by atoms with Gasteiger partial charge in [0.2, 0.25) is 5.91 Å². The number of benzene rings is 3. The van der Waals surface area contributed by atoms with Gasteiger partial charge in [0.25, 0.3) is 0 Å². The van der Waals surface area contributed by atoms with Crippen molar-refractivity contribution in [2.75, 3.05) is 14.2 Å². The number of amides is 1. The lowest BCUT2D eigenvalue weighted by Crippen LogP contribution is -2.24. The van der Waals surface area contributed by atoms with Gasteiger partial charge >= 0.3 is 10.1 Å². The Balaban J connectivity index is 1.73. The number of nitrogens with zero attached hydrogens (tertiary/aromatic N) is 2. The second-order valence-electron chi connectivity index (χ2n) is 8.05. The Hall–Kier alpha value is -4.09. The van der Waals surface area contributed by atoms with Gasteiger partial charge in [-0.05, 0) is 72.5 Å². The van der Waals surface area contributed by atoms with Crippen LogP contribution < -0.4 is 8.92 Å². The first-order valence-corrected chi connectivity index (χ1v) is 12.2. The van der Waals surface area contributed by atoms with E-state index in [1.807, 2.05) is 25.1 Å². The monoisotopic (exact) mass is 490 g/mol. The van der Waals surface area contributed by atoms with Gasteiger partial charge in [0.15, 0.2) is 11.5 Å². The maximum Gasteiger partial charge on any atom is 0.339 e. The maximum atomic E-state index is 12.8. The summed E-state index contributed by atoms with van der Waals surface area (Å²) in [5, 5.41) is 8.89. The van der Waals surface area contributed by atoms with Gasteiger partial charge in [-0.25, -0.2) is 0 Å². The molecule has 0 aliphatic rings. The molecule has 0 heterocycles. The molecule has 0 atom stereocenters. The number of likely N-dealkylation sites (N-methyl/N-ethyl adjacent to an activating group) is 1. The van der Waals surface area contributed by atoms with Crippen LogP contribution in [0.2, 0.25) is 0 Å². The minimum atomic E-state index is -4.06. The maximum absolute atomic E-state index is 12.8. The zero-order chi connectivity index (χ0) is 25.6. The molecule has 0 aliphatic carbocycles. The molecular weight excluding hydrogens is 464 g/mol. The number of aryl methyl sites for hydroxylation is 2. The largest absolute Gasteiger partial charge is 0.493 e. The van der Waals surface area contributed by atoms with E-state index < -0.39 is 10.1 Å². The van der Waals surface area contributed by atoms with Crippen molar-refractivity contribution in [1.29, 1.82) is 5.26 Å². The molecule has 0 radical (unpaired) electrons. The topological polar surface area (TPSA) is 96.7 Å². The second kappa shape index (κ2) is 10.9. The predicted molar refractivity (Wildman–Crippen MR) is 133 cm³/mol. The van der Waals surface area contributed by atoms with E-state index in [-0.39, 0.29) is 22.3 Å². The summed E-state index contributed by atoms with van der Waals surface area (Å²) in [6.45, 7) is 3.90. The smallest absolute Gasteiger partial charge is 0.339 e. The molecule has 35 heavy (non-hydrogen) atoms. The molecule has 1 amide bonds. The lowest BCUT2D eigenvalue weighted by atomic mass is 10.1. The van der Waals surface area contributed by atoms with Gasteiger partial charge in [0.05, 0.1) is 18.7 Å². The molecule has 180 valence electrons. The summed E-state index contributed by atoms with van der Waals surface area (Å²) in [6.07, 6.45) is 3.04. The molecule has 0 saturated heterocycles. The molecule has 0 bridgehead atoms. The third kappa shape index (κ3) is 6.49. The fourth-order valence-electron chi connectivity index (χ4n) is 3.33. The molecule has 0 saturated carbocycles. The Labute approximate surface area is 206 Å². The molecule has 3 rings (SSSR count). The van der Waals surface area contributed by atoms with E-state index >= 15 is 0 Å². The third-order valence-corrected chi connectivity index (χ3v) is 6.67. The molecule has 0 N–H and O–H groups in total. The Bertz CT molecular complexity index is 1400. The standard InChI is InChI=1S/C27H26N2O5S/c1-19-5-6-20(2)26(15-19)35(31,32)34-24-13-11-21(16-25(24)33-4)12-14-27(30)29(3)18-23-9-7-22(17-28)8-10-23/h5-16H,18H2,1-4H3/b14-12+. The number of ether oxygens (including phenoxy) is 1. The number of hydrogen-bond acceptors (Lipinski definition) is 6. The van der Waals surface area contributed by atoms with Crippen LogP contribution in [-0.4, -0.2) is 33.4 Å². The molecule has 0 spiro atoms. The van der Waals surface area contributed by atoms with Crippen LogP contribution in [0.4, 0.5) is 0 Å². The van der Waals surface area contributed by atoms with E-state index in [0.29, 0.717) is 23.2 Å². The molecule has 8 heteroatoms. The van der Waals surface area contributed by atoms with Gasteiger partial charge in [0, 0.05) is 19.7 Å². The van der Waals surface area contributed by atoms with Crippen LogP contribution in [0.25, 0.3) is 6.08 Å². The van der Waals surface area contributed by atoms with Gasteiger partial charge in [-0.2, -0.15) is 13.7 Å². The van der Waals surface area contributed by atoms with Crippen molar-refractivity contribution in [3.05, 3.63) is 94.6 Å². The Kier molecular flexibility index (Phi) is 7.94. The van der Waals surface area contributed by atoms with Gasteiger partial charge in [-0.15, -0.1) is 0 Å². The average Bonchev–Trinajstić information content (AvgIpc) is 2.84. The van der Waals surface area contributed by atoms with Crippen LogP contribution in [0, 0.1) is 25.2 Å². The highest BCUT2D eigenvalue weighted by Gasteiger charge is 2.21. The highest BCUT2D eigenvalue weighted by Crippen LogP contribution is 2.32. The molecule has 7 nitrogen and oxygen atoms in total. The summed E-state index contributed by atoms with van der Waals surface area (Å²) >= 11 is 0. The summed E-state index contributed by atoms with van der Waals surface area (Å²) in [4.78, 5) is 14.2. The van der Waals surface area contributed by atoms with Gasteiger partial charge in [0.1, 0.15) is 4.90 Å². The Morgan fingerprint density at radius 2 is 1.74 bits per heavy atom. The number of rotatable bonds is 8. The number of carbonyl (C=O) groups is 1. The van der Waals surface area contributed by atoms with Gasteiger partial charge in [-0.3, -0.25) is 4.79 Å². The highest BCUT2D eigenvalue weighted by atomic mass is 32.2. The normalized spacial score (nSPS) is 11.2. The first-order chi connectivity index (χ1) is 16.6. The number of methoxy groups -OCH3 is 1. The Morgan fingerprint density at radius 3 is 2.40 bits per heavy atom. The van der Waals surface area contributed by atoms with E-state index in [1.54, 1.807) is 61.3 Å². The SMILES string of the molecule is COc1cc(/C=C/C(=O)N(C)Cc2ccc(C#N)cc2)ccc1OS(=O)(=O)c1cc(C)ccc1C. The van der Waals surface area contributed by atoms with Crippen molar-refractivity contribution in [2.45, 2.75) is 25.3 Å². The quantitative estimate of drug-likeness (QED) is 0.338.